The van der Waals surface area contributed by atoms with Crippen molar-refractivity contribution in [3.05, 3.63) is 59.9 Å². The molecule has 0 bridgehead atoms. The summed E-state index contributed by atoms with van der Waals surface area (Å²) in [5.41, 5.74) is 2.92. The standard InChI is InChI=1S/C23H27N3O3S/c1-16(2)30(28,29)20-10-8-18(9-11-20)14-23(27)25-13-12-19(15-25)26-17(3)24-21-6-4-5-7-22(21)26/h4-11,16,19H,12-15H2,1-3H3. The molecular weight excluding hydrogens is 398 g/mol. The quantitative estimate of drug-likeness (QED) is 0.627. The Hall–Kier alpha value is -2.67. The number of hydrogen-bond acceptors (Lipinski definition) is 4. The van der Waals surface area contributed by atoms with Gasteiger partial charge in [-0.05, 0) is 57.0 Å². The summed E-state index contributed by atoms with van der Waals surface area (Å²) in [5, 5.41) is -0.464. The molecule has 1 aliphatic rings. The molecule has 1 fully saturated rings. The van der Waals surface area contributed by atoms with E-state index in [0.717, 1.165) is 35.4 Å². The van der Waals surface area contributed by atoms with Crippen LogP contribution in [0.1, 0.15) is 37.7 Å². The Balaban J connectivity index is 1.45. The first-order chi connectivity index (χ1) is 14.3. The van der Waals surface area contributed by atoms with Gasteiger partial charge in [0.25, 0.3) is 0 Å². The Bertz CT molecular complexity index is 1180. The van der Waals surface area contributed by atoms with E-state index in [-0.39, 0.29) is 18.4 Å². The molecule has 1 unspecified atom stereocenters. The maximum atomic E-state index is 12.9. The van der Waals surface area contributed by atoms with Crippen LogP contribution in [0.3, 0.4) is 0 Å². The molecule has 1 atom stereocenters. The lowest BCUT2D eigenvalue weighted by Crippen LogP contribution is -2.30. The number of fused-ring (bicyclic) bond motifs is 1. The first-order valence-electron chi connectivity index (χ1n) is 10.3. The van der Waals surface area contributed by atoms with E-state index in [2.05, 4.69) is 15.6 Å². The Morgan fingerprint density at radius 3 is 2.53 bits per heavy atom. The molecule has 1 aliphatic heterocycles. The predicted octanol–water partition coefficient (Wildman–Crippen LogP) is 3.54. The topological polar surface area (TPSA) is 72.3 Å². The molecule has 0 saturated carbocycles. The lowest BCUT2D eigenvalue weighted by Gasteiger charge is -2.18. The monoisotopic (exact) mass is 425 g/mol. The second kappa shape index (κ2) is 7.87. The minimum Gasteiger partial charge on any atom is -0.340 e. The van der Waals surface area contributed by atoms with Gasteiger partial charge < -0.3 is 9.47 Å². The largest absolute Gasteiger partial charge is 0.340 e. The number of imidazole rings is 1. The summed E-state index contributed by atoms with van der Waals surface area (Å²) >= 11 is 0. The minimum atomic E-state index is -3.30. The van der Waals surface area contributed by atoms with E-state index in [4.69, 9.17) is 0 Å². The van der Waals surface area contributed by atoms with Gasteiger partial charge in [-0.2, -0.15) is 0 Å². The number of para-hydroxylation sites is 2. The molecule has 30 heavy (non-hydrogen) atoms. The molecule has 1 aromatic heterocycles. The van der Waals surface area contributed by atoms with Crippen LogP contribution in [0.15, 0.2) is 53.4 Å². The fourth-order valence-electron chi connectivity index (χ4n) is 4.16. The van der Waals surface area contributed by atoms with Crippen molar-refractivity contribution in [1.82, 2.24) is 14.5 Å². The zero-order valence-corrected chi connectivity index (χ0v) is 18.4. The molecule has 1 amide bonds. The van der Waals surface area contributed by atoms with Gasteiger partial charge >= 0.3 is 0 Å². The molecule has 6 nitrogen and oxygen atoms in total. The lowest BCUT2D eigenvalue weighted by atomic mass is 10.1. The smallest absolute Gasteiger partial charge is 0.227 e. The average Bonchev–Trinajstić information content (AvgIpc) is 3.31. The third-order valence-corrected chi connectivity index (χ3v) is 8.05. The normalized spacial score (nSPS) is 17.2. The van der Waals surface area contributed by atoms with Crippen LogP contribution >= 0.6 is 0 Å². The van der Waals surface area contributed by atoms with Crippen LogP contribution in [0, 0.1) is 6.92 Å². The van der Waals surface area contributed by atoms with Crippen molar-refractivity contribution >= 4 is 26.8 Å². The first kappa shape index (κ1) is 20.6. The van der Waals surface area contributed by atoms with Crippen LogP contribution in [-0.2, 0) is 21.1 Å². The van der Waals surface area contributed by atoms with Gasteiger partial charge in [0, 0.05) is 13.1 Å². The van der Waals surface area contributed by atoms with Crippen molar-refractivity contribution in [2.24, 2.45) is 0 Å². The third kappa shape index (κ3) is 3.74. The summed E-state index contributed by atoms with van der Waals surface area (Å²) in [6.45, 7) is 6.73. The van der Waals surface area contributed by atoms with E-state index in [0.29, 0.717) is 11.4 Å². The molecule has 158 valence electrons. The molecule has 7 heteroatoms. The van der Waals surface area contributed by atoms with Crippen molar-refractivity contribution in [2.45, 2.75) is 49.8 Å². The van der Waals surface area contributed by atoms with Gasteiger partial charge in [-0.25, -0.2) is 13.4 Å². The van der Waals surface area contributed by atoms with Gasteiger partial charge in [0.15, 0.2) is 9.84 Å². The van der Waals surface area contributed by atoms with Gasteiger partial charge in [0.1, 0.15) is 5.82 Å². The number of benzene rings is 2. The molecule has 0 radical (unpaired) electrons. The molecule has 0 spiro atoms. The summed E-state index contributed by atoms with van der Waals surface area (Å²) in [6.07, 6.45) is 1.18. The number of likely N-dealkylation sites (tertiary alicyclic amines) is 1. The van der Waals surface area contributed by atoms with E-state index in [1.807, 2.05) is 30.0 Å². The highest BCUT2D eigenvalue weighted by molar-refractivity contribution is 7.92. The number of hydrogen-bond donors (Lipinski definition) is 0. The van der Waals surface area contributed by atoms with Gasteiger partial charge in [-0.15, -0.1) is 0 Å². The van der Waals surface area contributed by atoms with Crippen molar-refractivity contribution in [3.63, 3.8) is 0 Å². The molecule has 1 saturated heterocycles. The number of sulfone groups is 1. The fourth-order valence-corrected chi connectivity index (χ4v) is 5.22. The second-order valence-corrected chi connectivity index (χ2v) is 10.7. The van der Waals surface area contributed by atoms with E-state index in [9.17, 15) is 13.2 Å². The molecule has 0 N–H and O–H groups in total. The van der Waals surface area contributed by atoms with Crippen molar-refractivity contribution in [2.75, 3.05) is 13.1 Å². The molecular formula is C23H27N3O3S. The van der Waals surface area contributed by atoms with Gasteiger partial charge in [-0.3, -0.25) is 4.79 Å². The van der Waals surface area contributed by atoms with Gasteiger partial charge in [0.2, 0.25) is 5.91 Å². The zero-order chi connectivity index (χ0) is 21.5. The van der Waals surface area contributed by atoms with Crippen molar-refractivity contribution in [1.29, 1.82) is 0 Å². The maximum Gasteiger partial charge on any atom is 0.227 e. The van der Waals surface area contributed by atoms with Crippen LogP contribution < -0.4 is 0 Å². The number of amides is 1. The van der Waals surface area contributed by atoms with E-state index >= 15 is 0 Å². The minimum absolute atomic E-state index is 0.0686. The van der Waals surface area contributed by atoms with Crippen LogP contribution in [0.4, 0.5) is 0 Å². The second-order valence-electron chi connectivity index (χ2n) is 8.21. The molecule has 4 rings (SSSR count). The van der Waals surface area contributed by atoms with Crippen molar-refractivity contribution in [3.8, 4) is 0 Å². The zero-order valence-electron chi connectivity index (χ0n) is 17.6. The first-order valence-corrected chi connectivity index (χ1v) is 11.9. The highest BCUT2D eigenvalue weighted by Crippen LogP contribution is 2.28. The highest BCUT2D eigenvalue weighted by Gasteiger charge is 2.29. The summed E-state index contributed by atoms with van der Waals surface area (Å²) < 4.78 is 26.8. The van der Waals surface area contributed by atoms with Gasteiger partial charge in [-0.1, -0.05) is 24.3 Å². The van der Waals surface area contributed by atoms with E-state index < -0.39 is 15.1 Å². The molecule has 0 aliphatic carbocycles. The number of nitrogens with zero attached hydrogens (tertiary/aromatic N) is 3. The molecule has 3 aromatic rings. The summed E-state index contributed by atoms with van der Waals surface area (Å²) in [4.78, 5) is 19.7. The Labute approximate surface area is 177 Å². The van der Waals surface area contributed by atoms with Crippen LogP contribution in [0.2, 0.25) is 0 Å². The number of carbonyl (C=O) groups excluding carboxylic acids is 1. The molecule has 2 heterocycles. The number of aromatic nitrogens is 2. The van der Waals surface area contributed by atoms with Gasteiger partial charge in [0.05, 0.1) is 33.6 Å². The highest BCUT2D eigenvalue weighted by atomic mass is 32.2. The summed E-state index contributed by atoms with van der Waals surface area (Å²) in [7, 11) is -3.30. The van der Waals surface area contributed by atoms with Crippen molar-refractivity contribution < 1.29 is 13.2 Å². The maximum absolute atomic E-state index is 12.9. The third-order valence-electron chi connectivity index (χ3n) is 5.88. The number of aryl methyl sites for hydroxylation is 1. The Morgan fingerprint density at radius 2 is 1.83 bits per heavy atom. The van der Waals surface area contributed by atoms with Crippen LogP contribution in [-0.4, -0.2) is 47.1 Å². The summed E-state index contributed by atoms with van der Waals surface area (Å²) in [5.74, 6) is 1.04. The van der Waals surface area contributed by atoms with Crippen LogP contribution in [0.5, 0.6) is 0 Å². The number of carbonyl (C=O) groups is 1. The predicted molar refractivity (Wildman–Crippen MR) is 117 cm³/mol. The number of rotatable bonds is 5. The average molecular weight is 426 g/mol. The van der Waals surface area contributed by atoms with E-state index in [1.165, 1.54) is 0 Å². The van der Waals surface area contributed by atoms with E-state index in [1.54, 1.807) is 38.1 Å². The SMILES string of the molecule is Cc1nc2ccccc2n1C1CCN(C(=O)Cc2ccc(S(=O)(=O)C(C)C)cc2)C1. The van der Waals surface area contributed by atoms with Crippen LogP contribution in [0.25, 0.3) is 11.0 Å². The summed E-state index contributed by atoms with van der Waals surface area (Å²) in [6, 6.07) is 15.0. The Morgan fingerprint density at radius 1 is 1.13 bits per heavy atom. The lowest BCUT2D eigenvalue weighted by molar-refractivity contribution is -0.129. The molecule has 2 aromatic carbocycles. The fraction of sp³-hybridized carbons (Fsp3) is 0.391. The Kier molecular flexibility index (Phi) is 5.40.